The maximum Gasteiger partial charge on any atom is 0.252 e. The second-order valence-electron chi connectivity index (χ2n) is 39.7. The van der Waals surface area contributed by atoms with Gasteiger partial charge in [0.15, 0.2) is 0 Å². The third-order valence-corrected chi connectivity index (χ3v) is 22.8. The van der Waals surface area contributed by atoms with Crippen molar-refractivity contribution in [3.63, 3.8) is 0 Å². The molecule has 0 atom stereocenters. The maximum absolute atomic E-state index is 10.1. The number of anilines is 6. The maximum atomic E-state index is 10.1. The molecule has 0 aliphatic carbocycles. The van der Waals surface area contributed by atoms with Crippen LogP contribution in [0.15, 0.2) is 267 Å². The molecule has 4 nitrogen and oxygen atoms in total. The molecule has 0 amide bonds. The van der Waals surface area contributed by atoms with E-state index in [-0.39, 0.29) is 0 Å². The molecule has 115 heavy (non-hydrogen) atoms. The SMILES string of the molecule is [2H]C([2H])(c1cccc(-c2cc(C(C)(C)C)cc(-c3cccc(C([2H])([2H])C(C)(C)C)c3)c2N2c3cc(-n4c5ccccc5c5ccccc54)ccc3B3c4ccc(-n5c6ccccc6c6ccccc65)cc4N(c4c(-c5cccc(C([2H])([2H])C(C)(C)C)c5)cc(C(C)(C)C)cc4-c4cccc(C([2H])([2H])C(C)(C)C)c4)c4cc(C(C)(C)C)cc2c43)c1)C(C)(C)C. The summed E-state index contributed by atoms with van der Waals surface area (Å²) in [5.41, 5.74) is 22.0. The van der Waals surface area contributed by atoms with Gasteiger partial charge in [0.1, 0.15) is 0 Å². The summed E-state index contributed by atoms with van der Waals surface area (Å²) in [6, 6.07) is 96.1. The fraction of sp³-hybridized carbons (Fsp3) is 0.291. The van der Waals surface area contributed by atoms with Gasteiger partial charge in [0.05, 0.1) is 33.4 Å². The number of rotatable bonds is 12. The van der Waals surface area contributed by atoms with Gasteiger partial charge in [0.2, 0.25) is 0 Å². The van der Waals surface area contributed by atoms with Crippen LogP contribution < -0.4 is 26.2 Å². The van der Waals surface area contributed by atoms with Crippen molar-refractivity contribution < 1.29 is 11.0 Å². The Balaban J connectivity index is 1.11. The minimum absolute atomic E-state index is 0.457. The second kappa shape index (κ2) is 28.0. The molecule has 4 heterocycles. The van der Waals surface area contributed by atoms with Gasteiger partial charge in [-0.15, -0.1) is 0 Å². The molecule has 2 aliphatic rings. The first-order valence-electron chi connectivity index (χ1n) is 45.3. The molecule has 0 unspecified atom stereocenters. The van der Waals surface area contributed by atoms with Crippen molar-refractivity contribution in [2.75, 3.05) is 9.80 Å². The lowest BCUT2D eigenvalue weighted by Crippen LogP contribution is -2.61. The average molecular weight is 1510 g/mol. The standard InChI is InChI=1S/C110H115BN4/c1-104(2,3)66-70-34-30-38-74(54-70)87-58-78(108(13,14)15)59-88(75-39-31-35-71(55-75)67-105(4,5)6)102(87)114-97-64-81(112-93-46-26-22-42-83(93)84-43-23-27-47-94(84)112)50-52-91(97)111-92-53-51-82(113-95-48-28-24-44-85(95)86-45-25-29-49-96(86)113)65-98(92)115(100-63-80(110(19,20)21)62-99(114)101(100)111)103-89(76-40-32-36-72(56-76)68-106(7,8)9)60-79(109(16,17)18)61-90(103)77-41-33-37-73(57-77)69-107(10,11)12/h22-65H,66-69H2,1-21H3/i66D2,67D2,68D2,69D2. The smallest absolute Gasteiger partial charge is 0.252 e. The number of aromatic nitrogens is 2. The molecule has 2 aromatic heterocycles. The van der Waals surface area contributed by atoms with Crippen LogP contribution in [0.5, 0.6) is 0 Å². The summed E-state index contributed by atoms with van der Waals surface area (Å²) in [4.78, 5) is 5.11. The molecular weight excluding hydrogens is 1390 g/mol. The van der Waals surface area contributed by atoms with Crippen LogP contribution in [0, 0.1) is 21.7 Å². The Morgan fingerprint density at radius 1 is 0.261 bits per heavy atom. The van der Waals surface area contributed by atoms with Crippen molar-refractivity contribution in [2.45, 2.75) is 187 Å². The summed E-state index contributed by atoms with van der Waals surface area (Å²) in [7, 11) is 0. The van der Waals surface area contributed by atoms with Gasteiger partial charge in [-0.25, -0.2) is 0 Å². The lowest BCUT2D eigenvalue weighted by Gasteiger charge is -2.47. The molecule has 2 aliphatic heterocycles. The van der Waals surface area contributed by atoms with Crippen molar-refractivity contribution in [3.05, 3.63) is 306 Å². The first-order valence-corrected chi connectivity index (χ1v) is 41.3. The van der Waals surface area contributed by atoms with E-state index in [9.17, 15) is 11.0 Å². The summed E-state index contributed by atoms with van der Waals surface area (Å²) in [5.74, 6) is 0. The van der Waals surface area contributed by atoms with Crippen molar-refractivity contribution in [1.82, 2.24) is 9.13 Å². The zero-order valence-electron chi connectivity index (χ0n) is 79.3. The lowest BCUT2D eigenvalue weighted by atomic mass is 9.33. The first-order chi connectivity index (χ1) is 57.5. The lowest BCUT2D eigenvalue weighted by molar-refractivity contribution is 0.411. The van der Waals surface area contributed by atoms with Gasteiger partial charge in [0, 0.05) is 88.9 Å². The third kappa shape index (κ3) is 14.6. The summed E-state index contributed by atoms with van der Waals surface area (Å²) >= 11 is 0. The Labute approximate surface area is 697 Å². The van der Waals surface area contributed by atoms with Crippen LogP contribution in [0.4, 0.5) is 34.1 Å². The highest BCUT2D eigenvalue weighted by Gasteiger charge is 2.47. The van der Waals surface area contributed by atoms with E-state index in [1.165, 1.54) is 0 Å². The van der Waals surface area contributed by atoms with Crippen LogP contribution >= 0.6 is 0 Å². The monoisotopic (exact) mass is 1510 g/mol. The van der Waals surface area contributed by atoms with Crippen LogP contribution in [0.25, 0.3) is 99.5 Å². The van der Waals surface area contributed by atoms with E-state index in [1.807, 2.05) is 132 Å². The minimum Gasteiger partial charge on any atom is -0.310 e. The number of para-hydroxylation sites is 4. The van der Waals surface area contributed by atoms with Crippen LogP contribution in [-0.2, 0) is 41.7 Å². The highest BCUT2D eigenvalue weighted by molar-refractivity contribution is 7.00. The van der Waals surface area contributed by atoms with E-state index in [4.69, 9.17) is 0 Å². The molecule has 0 spiro atoms. The Morgan fingerprint density at radius 3 is 0.783 bits per heavy atom. The highest BCUT2D eigenvalue weighted by atomic mass is 15.2. The number of fused-ring (bicyclic) bond motifs is 10. The van der Waals surface area contributed by atoms with Gasteiger partial charge >= 0.3 is 0 Å². The number of hydrogen-bond donors (Lipinski definition) is 0. The van der Waals surface area contributed by atoms with Gasteiger partial charge in [0.25, 0.3) is 6.71 Å². The third-order valence-electron chi connectivity index (χ3n) is 22.8. The Hall–Kier alpha value is -10.9. The molecule has 0 N–H and O–H groups in total. The molecule has 0 saturated carbocycles. The zero-order chi connectivity index (χ0) is 88.1. The van der Waals surface area contributed by atoms with Crippen molar-refractivity contribution in [1.29, 1.82) is 0 Å². The second-order valence-corrected chi connectivity index (χ2v) is 39.7. The van der Waals surface area contributed by atoms with E-state index in [0.29, 0.717) is 22.3 Å². The van der Waals surface area contributed by atoms with Gasteiger partial charge in [-0.05, 0) is 226 Å². The van der Waals surface area contributed by atoms with Crippen LogP contribution in [0.3, 0.4) is 0 Å². The predicted octanol–water partition coefficient (Wildman–Crippen LogP) is 28.9. The summed E-state index contributed by atoms with van der Waals surface area (Å²) in [5, 5.41) is 4.53. The number of hydrogen-bond acceptors (Lipinski definition) is 2. The van der Waals surface area contributed by atoms with Gasteiger partial charge in [-0.2, -0.15) is 0 Å². The van der Waals surface area contributed by atoms with Gasteiger partial charge in [-0.3, -0.25) is 0 Å². The van der Waals surface area contributed by atoms with Gasteiger partial charge in [-0.1, -0.05) is 327 Å². The Kier molecular flexibility index (Phi) is 16.4. The molecule has 17 rings (SSSR count). The quantitative estimate of drug-likeness (QED) is 0.113. The summed E-state index contributed by atoms with van der Waals surface area (Å²) < 4.78 is 85.6. The Bertz CT molecular complexity index is 6100. The number of nitrogens with zero attached hydrogens (tertiary/aromatic N) is 4. The summed E-state index contributed by atoms with van der Waals surface area (Å²) in [6.45, 7) is 43.6. The van der Waals surface area contributed by atoms with E-state index < -0.39 is 70.1 Å². The van der Waals surface area contributed by atoms with Crippen LogP contribution in [0.1, 0.15) is 195 Å². The molecule has 578 valence electrons. The summed E-state index contributed by atoms with van der Waals surface area (Å²) in [6.07, 6.45) is -7.16. The molecule has 0 saturated heterocycles. The molecule has 13 aromatic carbocycles. The van der Waals surface area contributed by atoms with E-state index in [1.54, 1.807) is 0 Å². The van der Waals surface area contributed by atoms with Gasteiger partial charge < -0.3 is 18.9 Å². The topological polar surface area (TPSA) is 16.3 Å². The Morgan fingerprint density at radius 2 is 0.522 bits per heavy atom. The van der Waals surface area contributed by atoms with Crippen LogP contribution in [0.2, 0.25) is 0 Å². The van der Waals surface area contributed by atoms with Crippen molar-refractivity contribution in [2.24, 2.45) is 21.7 Å². The largest absolute Gasteiger partial charge is 0.310 e. The molecule has 5 heteroatoms. The molecular formula is C110H115BN4. The average Bonchev–Trinajstić information content (AvgIpc) is 0.795. The molecule has 0 radical (unpaired) electrons. The molecule has 0 fully saturated rings. The normalized spacial score (nSPS) is 15.1. The van der Waals surface area contributed by atoms with Crippen molar-refractivity contribution in [3.8, 4) is 55.9 Å². The van der Waals surface area contributed by atoms with E-state index >= 15 is 0 Å². The number of benzene rings is 13. The fourth-order valence-electron chi connectivity index (χ4n) is 17.8. The zero-order valence-corrected chi connectivity index (χ0v) is 71.3. The highest BCUT2D eigenvalue weighted by Crippen LogP contribution is 2.56. The fourth-order valence-corrected chi connectivity index (χ4v) is 17.8. The molecule has 15 aromatic rings. The van der Waals surface area contributed by atoms with E-state index in [2.05, 4.69) is 300 Å². The van der Waals surface area contributed by atoms with Crippen molar-refractivity contribution >= 4 is 101 Å². The minimum atomic E-state index is -1.79. The first kappa shape index (κ1) is 67.5. The predicted molar refractivity (Wildman–Crippen MR) is 500 cm³/mol. The van der Waals surface area contributed by atoms with E-state index in [0.717, 1.165) is 167 Å². The van der Waals surface area contributed by atoms with Crippen LogP contribution in [-0.4, -0.2) is 15.8 Å². The molecule has 0 bridgehead atoms.